The lowest BCUT2D eigenvalue weighted by Gasteiger charge is -2.22. The molecule has 3 rings (SSSR count). The highest BCUT2D eigenvalue weighted by Gasteiger charge is 2.38. The highest BCUT2D eigenvalue weighted by Crippen LogP contribution is 2.39. The molecule has 2 heterocycles. The van der Waals surface area contributed by atoms with Gasteiger partial charge in [-0.1, -0.05) is 39.8 Å². The standard InChI is InChI=1S/C26H31F3N4O4S/c1-7-38(35,36)19-12-11-18(30-14-19)13-31-23(34)22-16(2)33(24(32-22)25(3,4)5)15-17-9-8-10-20(37-6)21(17)26(27,28)29/h8-12,14H,7,13,15H2,1-6H3,(H,31,34). The molecule has 0 atom stereocenters. The van der Waals surface area contributed by atoms with Crippen molar-refractivity contribution in [3.05, 3.63) is 70.6 Å². The van der Waals surface area contributed by atoms with Gasteiger partial charge in [0.15, 0.2) is 9.84 Å². The number of ether oxygens (including phenoxy) is 1. The number of carbonyl (C=O) groups excluding carboxylic acids is 1. The van der Waals surface area contributed by atoms with Gasteiger partial charge >= 0.3 is 6.18 Å². The average molecular weight is 553 g/mol. The third-order valence-corrected chi connectivity index (χ3v) is 7.74. The Hall–Kier alpha value is -3.41. The van der Waals surface area contributed by atoms with Gasteiger partial charge in [0.2, 0.25) is 0 Å². The first kappa shape index (κ1) is 29.2. The van der Waals surface area contributed by atoms with E-state index >= 15 is 0 Å². The van der Waals surface area contributed by atoms with Gasteiger partial charge in [0.05, 0.1) is 30.0 Å². The second-order valence-corrected chi connectivity index (χ2v) is 12.0. The van der Waals surface area contributed by atoms with Gasteiger partial charge in [-0.2, -0.15) is 13.2 Å². The summed E-state index contributed by atoms with van der Waals surface area (Å²) < 4.78 is 72.3. The van der Waals surface area contributed by atoms with Gasteiger partial charge in [-0.15, -0.1) is 0 Å². The van der Waals surface area contributed by atoms with Gasteiger partial charge in [0, 0.05) is 23.9 Å². The molecule has 2 aromatic heterocycles. The Labute approximate surface area is 220 Å². The number of alkyl halides is 3. The van der Waals surface area contributed by atoms with E-state index in [1.807, 2.05) is 20.8 Å². The molecule has 0 radical (unpaired) electrons. The number of nitrogens with zero attached hydrogens (tertiary/aromatic N) is 3. The molecular formula is C26H31F3N4O4S. The van der Waals surface area contributed by atoms with Crippen molar-refractivity contribution in [3.63, 3.8) is 0 Å². The Morgan fingerprint density at radius 1 is 1.13 bits per heavy atom. The fourth-order valence-electron chi connectivity index (χ4n) is 4.01. The van der Waals surface area contributed by atoms with E-state index in [0.717, 1.165) is 0 Å². The number of imidazole rings is 1. The van der Waals surface area contributed by atoms with Crippen LogP contribution in [-0.2, 0) is 34.5 Å². The van der Waals surface area contributed by atoms with Crippen molar-refractivity contribution in [2.75, 3.05) is 12.9 Å². The summed E-state index contributed by atoms with van der Waals surface area (Å²) in [4.78, 5) is 21.8. The van der Waals surface area contributed by atoms with Crippen LogP contribution in [0.1, 0.15) is 66.5 Å². The number of halogens is 3. The molecule has 8 nitrogen and oxygen atoms in total. The second-order valence-electron chi connectivity index (χ2n) is 9.77. The summed E-state index contributed by atoms with van der Waals surface area (Å²) in [5.41, 5.74) is -0.546. The van der Waals surface area contributed by atoms with Gasteiger partial charge in [0.25, 0.3) is 5.91 Å². The number of sulfone groups is 1. The summed E-state index contributed by atoms with van der Waals surface area (Å²) in [5.74, 6) is -0.416. The molecule has 12 heteroatoms. The number of benzene rings is 1. The van der Waals surface area contributed by atoms with Crippen LogP contribution in [0.25, 0.3) is 0 Å². The molecule has 0 saturated carbocycles. The van der Waals surface area contributed by atoms with Crippen LogP contribution in [0.5, 0.6) is 5.75 Å². The summed E-state index contributed by atoms with van der Waals surface area (Å²) in [7, 11) is -2.21. The number of hydrogen-bond donors (Lipinski definition) is 1. The molecular weight excluding hydrogens is 521 g/mol. The van der Waals surface area contributed by atoms with E-state index in [1.54, 1.807) is 11.5 Å². The first-order chi connectivity index (χ1) is 17.6. The zero-order chi connectivity index (χ0) is 28.5. The molecule has 1 N–H and O–H groups in total. The third-order valence-electron chi connectivity index (χ3n) is 6.02. The normalized spacial score (nSPS) is 12.4. The van der Waals surface area contributed by atoms with Crippen molar-refractivity contribution in [1.82, 2.24) is 19.9 Å². The SMILES string of the molecule is CCS(=O)(=O)c1ccc(CNC(=O)c2nc(C(C)(C)C)n(Cc3cccc(OC)c3C(F)(F)F)c2C)nc1. The molecule has 0 unspecified atom stereocenters. The van der Waals surface area contributed by atoms with E-state index in [1.165, 1.54) is 50.6 Å². The fraction of sp³-hybridized carbons (Fsp3) is 0.423. The largest absolute Gasteiger partial charge is 0.496 e. The smallest absolute Gasteiger partial charge is 0.420 e. The minimum absolute atomic E-state index is 0.0105. The monoisotopic (exact) mass is 552 g/mol. The second kappa shape index (κ2) is 10.8. The molecule has 1 aromatic carbocycles. The maximum absolute atomic E-state index is 13.9. The third kappa shape index (κ3) is 6.17. The van der Waals surface area contributed by atoms with E-state index in [2.05, 4.69) is 15.3 Å². The van der Waals surface area contributed by atoms with Crippen molar-refractivity contribution in [2.45, 2.75) is 64.2 Å². The van der Waals surface area contributed by atoms with Crippen molar-refractivity contribution in [3.8, 4) is 5.75 Å². The van der Waals surface area contributed by atoms with E-state index in [9.17, 15) is 26.4 Å². The summed E-state index contributed by atoms with van der Waals surface area (Å²) in [6.07, 6.45) is -3.40. The molecule has 3 aromatic rings. The number of carbonyl (C=O) groups is 1. The number of nitrogens with one attached hydrogen (secondary N) is 1. The molecule has 38 heavy (non-hydrogen) atoms. The number of methoxy groups -OCH3 is 1. The Morgan fingerprint density at radius 3 is 2.34 bits per heavy atom. The summed E-state index contributed by atoms with van der Waals surface area (Å²) in [6.45, 7) is 8.59. The van der Waals surface area contributed by atoms with Gasteiger partial charge in [-0.3, -0.25) is 9.78 Å². The topological polar surface area (TPSA) is 103 Å². The molecule has 0 aliphatic heterocycles. The first-order valence-corrected chi connectivity index (χ1v) is 13.5. The van der Waals surface area contributed by atoms with Gasteiger partial charge in [-0.25, -0.2) is 13.4 Å². The maximum Gasteiger partial charge on any atom is 0.420 e. The Bertz CT molecular complexity index is 1420. The first-order valence-electron chi connectivity index (χ1n) is 11.9. The van der Waals surface area contributed by atoms with Crippen LogP contribution in [0.3, 0.4) is 0 Å². The fourth-order valence-corrected chi connectivity index (χ4v) is 4.83. The number of amides is 1. The van der Waals surface area contributed by atoms with E-state index < -0.39 is 32.9 Å². The quantitative estimate of drug-likeness (QED) is 0.435. The Kier molecular flexibility index (Phi) is 8.25. The molecule has 0 aliphatic rings. The van der Waals surface area contributed by atoms with Crippen molar-refractivity contribution in [2.24, 2.45) is 0 Å². The molecule has 206 valence electrons. The lowest BCUT2D eigenvalue weighted by molar-refractivity contribution is -0.139. The van der Waals surface area contributed by atoms with Gasteiger partial charge < -0.3 is 14.6 Å². The molecule has 0 aliphatic carbocycles. The highest BCUT2D eigenvalue weighted by molar-refractivity contribution is 7.91. The van der Waals surface area contributed by atoms with Crippen LogP contribution in [0.2, 0.25) is 0 Å². The minimum Gasteiger partial charge on any atom is -0.496 e. The molecule has 0 saturated heterocycles. The zero-order valence-electron chi connectivity index (χ0n) is 22.1. The number of hydrogen-bond acceptors (Lipinski definition) is 6. The predicted molar refractivity (Wildman–Crippen MR) is 136 cm³/mol. The predicted octanol–water partition coefficient (Wildman–Crippen LogP) is 4.68. The van der Waals surface area contributed by atoms with Crippen molar-refractivity contribution >= 4 is 15.7 Å². The number of pyridine rings is 1. The van der Waals surface area contributed by atoms with Gasteiger partial charge in [-0.05, 0) is 30.7 Å². The Morgan fingerprint density at radius 2 is 1.82 bits per heavy atom. The number of rotatable bonds is 8. The lowest BCUT2D eigenvalue weighted by atomic mass is 9.95. The average Bonchev–Trinajstić information content (AvgIpc) is 3.18. The van der Waals surface area contributed by atoms with E-state index in [0.29, 0.717) is 17.2 Å². The maximum atomic E-state index is 13.9. The summed E-state index contributed by atoms with van der Waals surface area (Å²) in [6, 6.07) is 7.07. The summed E-state index contributed by atoms with van der Waals surface area (Å²) >= 11 is 0. The Balaban J connectivity index is 1.93. The van der Waals surface area contributed by atoms with Crippen LogP contribution in [-0.4, -0.2) is 41.7 Å². The van der Waals surface area contributed by atoms with Crippen LogP contribution in [0.15, 0.2) is 41.4 Å². The van der Waals surface area contributed by atoms with Crippen LogP contribution in [0.4, 0.5) is 13.2 Å². The van der Waals surface area contributed by atoms with Gasteiger partial charge in [0.1, 0.15) is 22.8 Å². The zero-order valence-corrected chi connectivity index (χ0v) is 22.9. The van der Waals surface area contributed by atoms with E-state index in [-0.39, 0.29) is 40.7 Å². The molecule has 0 bridgehead atoms. The van der Waals surface area contributed by atoms with Crippen molar-refractivity contribution in [1.29, 1.82) is 0 Å². The van der Waals surface area contributed by atoms with Crippen LogP contribution in [0, 0.1) is 6.92 Å². The number of aromatic nitrogens is 3. The molecule has 0 fully saturated rings. The van der Waals surface area contributed by atoms with Crippen LogP contribution < -0.4 is 10.1 Å². The molecule has 1 amide bonds. The minimum atomic E-state index is -4.64. The summed E-state index contributed by atoms with van der Waals surface area (Å²) in [5, 5.41) is 2.71. The molecule has 0 spiro atoms. The van der Waals surface area contributed by atoms with Crippen LogP contribution >= 0.6 is 0 Å². The van der Waals surface area contributed by atoms with E-state index in [4.69, 9.17) is 4.74 Å². The lowest BCUT2D eigenvalue weighted by Crippen LogP contribution is -2.24. The highest BCUT2D eigenvalue weighted by atomic mass is 32.2. The van der Waals surface area contributed by atoms with Crippen molar-refractivity contribution < 1.29 is 31.1 Å².